The Morgan fingerprint density at radius 3 is 2.58 bits per heavy atom. The molecule has 0 unspecified atom stereocenters. The molecule has 0 atom stereocenters. The number of carbonyl (C=O) groups is 1. The normalized spacial score (nSPS) is 11.4. The van der Waals surface area contributed by atoms with Gasteiger partial charge in [0, 0.05) is 11.1 Å². The second-order valence-electron chi connectivity index (χ2n) is 8.18. The van der Waals surface area contributed by atoms with Crippen LogP contribution in [0.4, 0.5) is 4.39 Å². The summed E-state index contributed by atoms with van der Waals surface area (Å²) in [6.07, 6.45) is 1.46. The molecule has 0 bridgehead atoms. The molecule has 2 heterocycles. The molecule has 164 valence electrons. The van der Waals surface area contributed by atoms with Gasteiger partial charge in [-0.1, -0.05) is 18.2 Å². The van der Waals surface area contributed by atoms with E-state index in [1.807, 2.05) is 45.0 Å². The zero-order valence-electron chi connectivity index (χ0n) is 18.4. The zero-order chi connectivity index (χ0) is 23.4. The van der Waals surface area contributed by atoms with Crippen LogP contribution >= 0.6 is 0 Å². The van der Waals surface area contributed by atoms with Gasteiger partial charge in [0.15, 0.2) is 0 Å². The van der Waals surface area contributed by atoms with Crippen LogP contribution in [0.25, 0.3) is 38.6 Å². The Kier molecular flexibility index (Phi) is 4.63. The maximum Gasteiger partial charge on any atom is 0.265 e. The predicted molar refractivity (Wildman–Crippen MR) is 127 cm³/mol. The third-order valence-electron chi connectivity index (χ3n) is 6.30. The van der Waals surface area contributed by atoms with Crippen LogP contribution in [0, 0.1) is 26.6 Å². The maximum atomic E-state index is 13.8. The molecule has 0 saturated heterocycles. The number of benzene rings is 3. The molecule has 5 rings (SSSR count). The van der Waals surface area contributed by atoms with E-state index in [-0.39, 0.29) is 10.9 Å². The largest absolute Gasteiger partial charge is 0.366 e. The number of nitrogens with one attached hydrogen (secondary N) is 1. The van der Waals surface area contributed by atoms with Crippen molar-refractivity contribution in [2.75, 3.05) is 0 Å². The van der Waals surface area contributed by atoms with Crippen molar-refractivity contribution >= 4 is 27.7 Å². The molecule has 7 heteroatoms. The van der Waals surface area contributed by atoms with E-state index in [1.165, 1.54) is 29.1 Å². The molecular weight excluding hydrogens is 419 g/mol. The lowest BCUT2D eigenvalue weighted by Gasteiger charge is -2.15. The van der Waals surface area contributed by atoms with Gasteiger partial charge in [0.2, 0.25) is 0 Å². The standard InChI is InChI=1S/C26H21FN4O2/c1-13-15(3)30-24-19(25(28)32)9-8-18(23(13)24)17-5-4-6-22(14(17)2)31-12-29-21-10-7-16(27)11-20(21)26(31)33/h4-12,30H,1-3H3,(H2,28,32). The van der Waals surface area contributed by atoms with Crippen molar-refractivity contribution in [2.45, 2.75) is 20.8 Å². The van der Waals surface area contributed by atoms with Crippen molar-refractivity contribution in [3.8, 4) is 16.8 Å². The Morgan fingerprint density at radius 2 is 1.82 bits per heavy atom. The summed E-state index contributed by atoms with van der Waals surface area (Å²) in [6.45, 7) is 5.87. The Hall–Kier alpha value is -4.26. The highest BCUT2D eigenvalue weighted by Crippen LogP contribution is 2.37. The first-order valence-electron chi connectivity index (χ1n) is 10.5. The van der Waals surface area contributed by atoms with E-state index in [0.29, 0.717) is 22.3 Å². The van der Waals surface area contributed by atoms with Crippen molar-refractivity contribution in [3.63, 3.8) is 0 Å². The fourth-order valence-electron chi connectivity index (χ4n) is 4.46. The molecule has 0 fully saturated rings. The number of carbonyl (C=O) groups excluding carboxylic acids is 1. The second kappa shape index (κ2) is 7.41. The molecule has 0 spiro atoms. The topological polar surface area (TPSA) is 93.8 Å². The fraction of sp³-hybridized carbons (Fsp3) is 0.115. The molecule has 0 aliphatic carbocycles. The lowest BCUT2D eigenvalue weighted by atomic mass is 9.93. The lowest BCUT2D eigenvalue weighted by molar-refractivity contribution is 0.100. The highest BCUT2D eigenvalue weighted by Gasteiger charge is 2.19. The molecule has 6 nitrogen and oxygen atoms in total. The van der Waals surface area contributed by atoms with E-state index in [2.05, 4.69) is 9.97 Å². The number of fused-ring (bicyclic) bond motifs is 2. The average molecular weight is 440 g/mol. The first kappa shape index (κ1) is 20.6. The molecule has 0 aliphatic rings. The van der Waals surface area contributed by atoms with Gasteiger partial charge in [-0.25, -0.2) is 9.37 Å². The minimum absolute atomic E-state index is 0.215. The van der Waals surface area contributed by atoms with Gasteiger partial charge < -0.3 is 10.7 Å². The van der Waals surface area contributed by atoms with Crippen LogP contribution in [0.1, 0.15) is 27.2 Å². The monoisotopic (exact) mass is 440 g/mol. The number of amides is 1. The number of halogens is 1. The van der Waals surface area contributed by atoms with Crippen LogP contribution in [0.5, 0.6) is 0 Å². The number of aryl methyl sites for hydroxylation is 2. The molecule has 1 amide bonds. The van der Waals surface area contributed by atoms with Crippen molar-refractivity contribution in [2.24, 2.45) is 5.73 Å². The van der Waals surface area contributed by atoms with E-state index >= 15 is 0 Å². The van der Waals surface area contributed by atoms with Crippen LogP contribution < -0.4 is 11.3 Å². The number of nitrogens with zero attached hydrogens (tertiary/aromatic N) is 2. The number of rotatable bonds is 3. The quantitative estimate of drug-likeness (QED) is 0.426. The number of hydrogen-bond donors (Lipinski definition) is 2. The molecule has 0 aliphatic heterocycles. The van der Waals surface area contributed by atoms with Crippen molar-refractivity contribution in [1.29, 1.82) is 0 Å². The number of primary amides is 1. The number of aromatic amines is 1. The summed E-state index contributed by atoms with van der Waals surface area (Å²) in [6, 6.07) is 13.2. The number of hydrogen-bond acceptors (Lipinski definition) is 3. The molecule has 3 N–H and O–H groups in total. The van der Waals surface area contributed by atoms with E-state index in [9.17, 15) is 14.0 Å². The van der Waals surface area contributed by atoms with Gasteiger partial charge in [0.1, 0.15) is 12.1 Å². The number of nitrogens with two attached hydrogens (primary N) is 1. The maximum absolute atomic E-state index is 13.8. The summed E-state index contributed by atoms with van der Waals surface area (Å²) in [5.41, 5.74) is 12.1. The van der Waals surface area contributed by atoms with E-state index in [0.717, 1.165) is 33.3 Å². The summed E-state index contributed by atoms with van der Waals surface area (Å²) >= 11 is 0. The first-order valence-corrected chi connectivity index (χ1v) is 10.5. The average Bonchev–Trinajstić information content (AvgIpc) is 3.09. The summed E-state index contributed by atoms with van der Waals surface area (Å²) in [5.74, 6) is -0.987. The molecule has 5 aromatic rings. The number of H-pyrrole nitrogens is 1. The Morgan fingerprint density at radius 1 is 1.03 bits per heavy atom. The summed E-state index contributed by atoms with van der Waals surface area (Å²) in [5, 5.41) is 1.13. The first-order chi connectivity index (χ1) is 15.8. The van der Waals surface area contributed by atoms with Gasteiger partial charge in [-0.2, -0.15) is 0 Å². The lowest BCUT2D eigenvalue weighted by Crippen LogP contribution is -2.20. The molecule has 0 radical (unpaired) electrons. The zero-order valence-corrected chi connectivity index (χ0v) is 18.4. The summed E-state index contributed by atoms with van der Waals surface area (Å²) in [7, 11) is 0. The van der Waals surface area contributed by atoms with Crippen molar-refractivity contribution in [3.05, 3.63) is 93.4 Å². The molecule has 3 aromatic carbocycles. The highest BCUT2D eigenvalue weighted by atomic mass is 19.1. The molecule has 2 aromatic heterocycles. The van der Waals surface area contributed by atoms with Crippen molar-refractivity contribution in [1.82, 2.24) is 14.5 Å². The molecule has 33 heavy (non-hydrogen) atoms. The van der Waals surface area contributed by atoms with Crippen LogP contribution in [-0.2, 0) is 0 Å². The highest BCUT2D eigenvalue weighted by molar-refractivity contribution is 6.11. The third kappa shape index (κ3) is 3.12. The van der Waals surface area contributed by atoms with Gasteiger partial charge in [-0.3, -0.25) is 14.2 Å². The van der Waals surface area contributed by atoms with E-state index in [4.69, 9.17) is 5.73 Å². The molecule has 0 saturated carbocycles. The van der Waals surface area contributed by atoms with Crippen LogP contribution in [0.3, 0.4) is 0 Å². The van der Waals surface area contributed by atoms with Crippen LogP contribution in [-0.4, -0.2) is 20.4 Å². The van der Waals surface area contributed by atoms with Crippen LogP contribution in [0.2, 0.25) is 0 Å². The van der Waals surface area contributed by atoms with Gasteiger partial charge in [0.25, 0.3) is 11.5 Å². The van der Waals surface area contributed by atoms with Gasteiger partial charge in [-0.05, 0) is 73.4 Å². The van der Waals surface area contributed by atoms with E-state index < -0.39 is 11.7 Å². The Balaban J connectivity index is 1.78. The molecular formula is C26H21FN4O2. The minimum atomic E-state index is -0.501. The minimum Gasteiger partial charge on any atom is -0.366 e. The van der Waals surface area contributed by atoms with Crippen molar-refractivity contribution < 1.29 is 9.18 Å². The predicted octanol–water partition coefficient (Wildman–Crippen LogP) is 4.70. The Labute approximate surface area is 188 Å². The number of aromatic nitrogens is 3. The second-order valence-corrected chi connectivity index (χ2v) is 8.18. The van der Waals surface area contributed by atoms with E-state index in [1.54, 1.807) is 6.07 Å². The van der Waals surface area contributed by atoms with Crippen LogP contribution in [0.15, 0.2) is 59.7 Å². The third-order valence-corrected chi connectivity index (χ3v) is 6.30. The Bertz CT molecular complexity index is 1660. The smallest absolute Gasteiger partial charge is 0.265 e. The summed E-state index contributed by atoms with van der Waals surface area (Å²) in [4.78, 5) is 32.8. The SMILES string of the molecule is Cc1[nH]c2c(C(N)=O)ccc(-c3cccc(-n4cnc5ccc(F)cc5c4=O)c3C)c2c1C. The van der Waals surface area contributed by atoms with Gasteiger partial charge in [0.05, 0.1) is 27.7 Å². The van der Waals surface area contributed by atoms with Gasteiger partial charge in [-0.15, -0.1) is 0 Å². The fourth-order valence-corrected chi connectivity index (χ4v) is 4.46. The summed E-state index contributed by atoms with van der Waals surface area (Å²) < 4.78 is 15.2. The van der Waals surface area contributed by atoms with Gasteiger partial charge >= 0.3 is 0 Å².